The van der Waals surface area contributed by atoms with Crippen LogP contribution >= 0.6 is 0 Å². The van der Waals surface area contributed by atoms with Gasteiger partial charge in [0, 0.05) is 18.0 Å². The average molecular weight is 232 g/mol. The molecule has 0 saturated heterocycles. The van der Waals surface area contributed by atoms with E-state index in [1.807, 2.05) is 7.05 Å². The Labute approximate surface area is 102 Å². The smallest absolute Gasteiger partial charge is 0.197 e. The molecule has 0 bridgehead atoms. The molecular formula is C14H20N2O. The highest BCUT2D eigenvalue weighted by Gasteiger charge is 2.17. The average Bonchev–Trinajstić information content (AvgIpc) is 2.58. The predicted octanol–water partition coefficient (Wildman–Crippen LogP) is 2.30. The third kappa shape index (κ3) is 1.71. The van der Waals surface area contributed by atoms with Gasteiger partial charge in [-0.1, -0.05) is 6.07 Å². The van der Waals surface area contributed by atoms with E-state index < -0.39 is 0 Å². The topological polar surface area (TPSA) is 40.2 Å². The Bertz CT molecular complexity index is 555. The maximum Gasteiger partial charge on any atom is 0.197 e. The predicted molar refractivity (Wildman–Crippen MR) is 71.7 cm³/mol. The largest absolute Gasteiger partial charge is 0.482 e. The fourth-order valence-corrected chi connectivity index (χ4v) is 2.52. The summed E-state index contributed by atoms with van der Waals surface area (Å²) in [6.45, 7) is 4.94. The van der Waals surface area contributed by atoms with E-state index in [2.05, 4.69) is 30.5 Å². The standard InChI is InChI=1S/C14H20N2O/c1-9-5-6-12-13(10(9)2)11(7-8-15)14(17-4)16(12)3/h5-6H,7-8,15H2,1-4H3. The van der Waals surface area contributed by atoms with Gasteiger partial charge in [0.15, 0.2) is 5.88 Å². The molecule has 0 aliphatic carbocycles. The molecule has 0 spiro atoms. The van der Waals surface area contributed by atoms with E-state index in [1.54, 1.807) is 7.11 Å². The summed E-state index contributed by atoms with van der Waals surface area (Å²) in [6, 6.07) is 4.31. The van der Waals surface area contributed by atoms with E-state index in [1.165, 1.54) is 27.6 Å². The van der Waals surface area contributed by atoms with Gasteiger partial charge in [-0.25, -0.2) is 0 Å². The van der Waals surface area contributed by atoms with Crippen LogP contribution in [0.25, 0.3) is 10.9 Å². The van der Waals surface area contributed by atoms with Gasteiger partial charge >= 0.3 is 0 Å². The number of aromatic nitrogens is 1. The number of rotatable bonds is 3. The van der Waals surface area contributed by atoms with Gasteiger partial charge in [0.05, 0.1) is 12.6 Å². The molecule has 0 fully saturated rings. The number of ether oxygens (including phenoxy) is 1. The molecular weight excluding hydrogens is 212 g/mol. The Balaban J connectivity index is 2.86. The van der Waals surface area contributed by atoms with Crippen molar-refractivity contribution in [2.24, 2.45) is 12.8 Å². The first-order valence-electron chi connectivity index (χ1n) is 5.93. The van der Waals surface area contributed by atoms with E-state index >= 15 is 0 Å². The van der Waals surface area contributed by atoms with Gasteiger partial charge in [-0.05, 0) is 44.0 Å². The molecule has 0 amide bonds. The summed E-state index contributed by atoms with van der Waals surface area (Å²) < 4.78 is 7.62. The molecule has 17 heavy (non-hydrogen) atoms. The molecule has 92 valence electrons. The van der Waals surface area contributed by atoms with E-state index in [0.717, 1.165) is 12.3 Å². The highest BCUT2D eigenvalue weighted by molar-refractivity contribution is 5.90. The van der Waals surface area contributed by atoms with Gasteiger partial charge in [0.1, 0.15) is 0 Å². The summed E-state index contributed by atoms with van der Waals surface area (Å²) in [6.07, 6.45) is 0.852. The first kappa shape index (κ1) is 12.0. The molecule has 3 nitrogen and oxygen atoms in total. The minimum Gasteiger partial charge on any atom is -0.482 e. The van der Waals surface area contributed by atoms with Crippen molar-refractivity contribution < 1.29 is 4.74 Å². The number of methoxy groups -OCH3 is 1. The van der Waals surface area contributed by atoms with Gasteiger partial charge in [0.25, 0.3) is 0 Å². The minimum absolute atomic E-state index is 0.642. The zero-order valence-electron chi connectivity index (χ0n) is 11.0. The van der Waals surface area contributed by atoms with Gasteiger partial charge in [0.2, 0.25) is 0 Å². The van der Waals surface area contributed by atoms with Crippen LogP contribution in [0.4, 0.5) is 0 Å². The van der Waals surface area contributed by atoms with Crippen LogP contribution in [-0.4, -0.2) is 18.2 Å². The molecule has 2 aromatic rings. The lowest BCUT2D eigenvalue weighted by atomic mass is 10.0. The highest BCUT2D eigenvalue weighted by Crippen LogP contribution is 2.34. The molecule has 2 N–H and O–H groups in total. The molecule has 0 aliphatic heterocycles. The molecule has 0 radical (unpaired) electrons. The van der Waals surface area contributed by atoms with Crippen LogP contribution in [0.5, 0.6) is 5.88 Å². The molecule has 0 aliphatic rings. The zero-order valence-corrected chi connectivity index (χ0v) is 11.0. The number of hydrogen-bond donors (Lipinski definition) is 1. The van der Waals surface area contributed by atoms with Crippen molar-refractivity contribution in [3.63, 3.8) is 0 Å². The van der Waals surface area contributed by atoms with Gasteiger partial charge in [-0.2, -0.15) is 0 Å². The van der Waals surface area contributed by atoms with Crippen molar-refractivity contribution in [3.05, 3.63) is 28.8 Å². The lowest BCUT2D eigenvalue weighted by Crippen LogP contribution is -2.04. The third-order valence-electron chi connectivity index (χ3n) is 3.53. The van der Waals surface area contributed by atoms with Crippen LogP contribution in [0, 0.1) is 13.8 Å². The van der Waals surface area contributed by atoms with Crippen LogP contribution < -0.4 is 10.5 Å². The first-order valence-corrected chi connectivity index (χ1v) is 5.93. The second-order valence-electron chi connectivity index (χ2n) is 4.49. The summed E-state index contributed by atoms with van der Waals surface area (Å²) in [5, 5.41) is 1.30. The molecule has 2 rings (SSSR count). The fraction of sp³-hybridized carbons (Fsp3) is 0.429. The van der Waals surface area contributed by atoms with Crippen molar-refractivity contribution >= 4 is 10.9 Å². The number of hydrogen-bond acceptors (Lipinski definition) is 2. The van der Waals surface area contributed by atoms with E-state index in [9.17, 15) is 0 Å². The summed E-state index contributed by atoms with van der Waals surface area (Å²) >= 11 is 0. The number of nitrogens with zero attached hydrogens (tertiary/aromatic N) is 1. The number of fused-ring (bicyclic) bond motifs is 1. The molecule has 0 unspecified atom stereocenters. The van der Waals surface area contributed by atoms with E-state index in [-0.39, 0.29) is 0 Å². The SMILES string of the molecule is COc1c(CCN)c2c(C)c(C)ccc2n1C. The van der Waals surface area contributed by atoms with Crippen LogP contribution in [0.1, 0.15) is 16.7 Å². The van der Waals surface area contributed by atoms with Crippen molar-refractivity contribution in [3.8, 4) is 5.88 Å². The molecule has 1 aromatic heterocycles. The fourth-order valence-electron chi connectivity index (χ4n) is 2.52. The highest BCUT2D eigenvalue weighted by atomic mass is 16.5. The zero-order chi connectivity index (χ0) is 12.6. The van der Waals surface area contributed by atoms with Crippen molar-refractivity contribution in [1.29, 1.82) is 0 Å². The maximum atomic E-state index is 5.71. The lowest BCUT2D eigenvalue weighted by molar-refractivity contribution is 0.380. The van der Waals surface area contributed by atoms with Gasteiger partial charge in [-0.15, -0.1) is 0 Å². The molecule has 1 aromatic carbocycles. The Morgan fingerprint density at radius 1 is 1.29 bits per heavy atom. The summed E-state index contributed by atoms with van der Waals surface area (Å²) in [4.78, 5) is 0. The quantitative estimate of drug-likeness (QED) is 0.882. The van der Waals surface area contributed by atoms with Crippen LogP contribution in [0.2, 0.25) is 0 Å². The van der Waals surface area contributed by atoms with Crippen LogP contribution in [-0.2, 0) is 13.5 Å². The maximum absolute atomic E-state index is 5.71. The monoisotopic (exact) mass is 232 g/mol. The Hall–Kier alpha value is -1.48. The second kappa shape index (κ2) is 4.41. The molecule has 3 heteroatoms. The first-order chi connectivity index (χ1) is 8.11. The lowest BCUT2D eigenvalue weighted by Gasteiger charge is -2.05. The Morgan fingerprint density at radius 3 is 2.59 bits per heavy atom. The van der Waals surface area contributed by atoms with Gasteiger partial charge < -0.3 is 15.0 Å². The Kier molecular flexibility index (Phi) is 3.11. The number of aryl methyl sites for hydroxylation is 3. The van der Waals surface area contributed by atoms with E-state index in [4.69, 9.17) is 10.5 Å². The van der Waals surface area contributed by atoms with Crippen molar-refractivity contribution in [1.82, 2.24) is 4.57 Å². The summed E-state index contributed by atoms with van der Waals surface area (Å²) in [5.74, 6) is 0.930. The van der Waals surface area contributed by atoms with Crippen molar-refractivity contribution in [2.45, 2.75) is 20.3 Å². The molecule has 1 heterocycles. The van der Waals surface area contributed by atoms with Crippen LogP contribution in [0.3, 0.4) is 0 Å². The third-order valence-corrected chi connectivity index (χ3v) is 3.53. The normalized spacial score (nSPS) is 11.1. The Morgan fingerprint density at radius 2 is 2.00 bits per heavy atom. The molecule has 0 atom stereocenters. The second-order valence-corrected chi connectivity index (χ2v) is 4.49. The summed E-state index contributed by atoms with van der Waals surface area (Å²) in [5.41, 5.74) is 10.8. The van der Waals surface area contributed by atoms with Crippen LogP contribution in [0.15, 0.2) is 12.1 Å². The molecule has 0 saturated carbocycles. The van der Waals surface area contributed by atoms with Gasteiger partial charge in [-0.3, -0.25) is 0 Å². The van der Waals surface area contributed by atoms with E-state index in [0.29, 0.717) is 6.54 Å². The minimum atomic E-state index is 0.642. The summed E-state index contributed by atoms with van der Waals surface area (Å²) in [7, 11) is 3.76. The van der Waals surface area contributed by atoms with Crippen molar-refractivity contribution in [2.75, 3.05) is 13.7 Å². The number of benzene rings is 1. The number of nitrogens with two attached hydrogens (primary N) is 1.